The summed E-state index contributed by atoms with van der Waals surface area (Å²) in [7, 11) is -0.340. The van der Waals surface area contributed by atoms with Gasteiger partial charge in [-0.2, -0.15) is 0 Å². The van der Waals surface area contributed by atoms with Crippen molar-refractivity contribution in [3.8, 4) is 0 Å². The summed E-state index contributed by atoms with van der Waals surface area (Å²) in [5.74, 6) is 0. The molecule has 0 aromatic carbocycles. The summed E-state index contributed by atoms with van der Waals surface area (Å²) in [5, 5.41) is 0.638. The standard InChI is InChI=1S/C10H11BClNO3.ClH/c12-10-7-1-2-14-4-6-5-15-11(9(6)7)16-8(10)3-13;/h1-2,8H,3-5,13H2;1H/t8-;/m0./s1. The van der Waals surface area contributed by atoms with Crippen molar-refractivity contribution in [2.75, 3.05) is 19.8 Å². The highest BCUT2D eigenvalue weighted by molar-refractivity contribution is 6.58. The highest BCUT2D eigenvalue weighted by Crippen LogP contribution is 2.38. The molecule has 92 valence electrons. The second-order valence-electron chi connectivity index (χ2n) is 3.90. The van der Waals surface area contributed by atoms with Gasteiger partial charge in [0, 0.05) is 6.54 Å². The molecule has 0 saturated heterocycles. The Morgan fingerprint density at radius 2 is 2.29 bits per heavy atom. The third-order valence-electron chi connectivity index (χ3n) is 2.95. The zero-order valence-corrected chi connectivity index (χ0v) is 10.6. The summed E-state index contributed by atoms with van der Waals surface area (Å²) in [5.41, 5.74) is 8.67. The highest BCUT2D eigenvalue weighted by Gasteiger charge is 2.43. The molecule has 0 fully saturated rings. The van der Waals surface area contributed by atoms with Crippen LogP contribution < -0.4 is 5.73 Å². The molecule has 7 heteroatoms. The van der Waals surface area contributed by atoms with E-state index in [9.17, 15) is 0 Å². The number of hydrogen-bond donors (Lipinski definition) is 1. The summed E-state index contributed by atoms with van der Waals surface area (Å²) in [4.78, 5) is 0. The minimum atomic E-state index is -0.340. The SMILES string of the molecule is Cl.NC[C@@H]1OB2OCC3=C2C(=C1Cl)C=COC3. The second-order valence-corrected chi connectivity index (χ2v) is 4.30. The molecule has 0 saturated carbocycles. The lowest BCUT2D eigenvalue weighted by molar-refractivity contribution is 0.180. The topological polar surface area (TPSA) is 53.7 Å². The Morgan fingerprint density at radius 3 is 3.06 bits per heavy atom. The minimum absolute atomic E-state index is 0. The Balaban J connectivity index is 0.00000108. The maximum atomic E-state index is 6.27. The van der Waals surface area contributed by atoms with Gasteiger partial charge >= 0.3 is 7.12 Å². The van der Waals surface area contributed by atoms with E-state index in [0.29, 0.717) is 24.8 Å². The van der Waals surface area contributed by atoms with Crippen LogP contribution in [0.2, 0.25) is 0 Å². The van der Waals surface area contributed by atoms with Crippen LogP contribution in [0.25, 0.3) is 0 Å². The monoisotopic (exact) mass is 275 g/mol. The lowest BCUT2D eigenvalue weighted by Crippen LogP contribution is -2.38. The van der Waals surface area contributed by atoms with Crippen LogP contribution in [0.4, 0.5) is 0 Å². The van der Waals surface area contributed by atoms with E-state index in [1.807, 2.05) is 6.08 Å². The van der Waals surface area contributed by atoms with E-state index in [1.54, 1.807) is 6.26 Å². The Morgan fingerprint density at radius 1 is 1.47 bits per heavy atom. The lowest BCUT2D eigenvalue weighted by atomic mass is 9.70. The van der Waals surface area contributed by atoms with Crippen molar-refractivity contribution in [2.24, 2.45) is 5.73 Å². The van der Waals surface area contributed by atoms with Crippen molar-refractivity contribution in [3.05, 3.63) is 34.0 Å². The van der Waals surface area contributed by atoms with Crippen LogP contribution in [0.1, 0.15) is 0 Å². The molecule has 2 N–H and O–H groups in total. The van der Waals surface area contributed by atoms with Gasteiger partial charge in [-0.3, -0.25) is 0 Å². The van der Waals surface area contributed by atoms with Crippen molar-refractivity contribution in [2.45, 2.75) is 6.10 Å². The van der Waals surface area contributed by atoms with Gasteiger partial charge in [-0.15, -0.1) is 12.4 Å². The first-order valence-corrected chi connectivity index (χ1v) is 5.56. The van der Waals surface area contributed by atoms with Crippen molar-refractivity contribution in [1.82, 2.24) is 0 Å². The first-order valence-electron chi connectivity index (χ1n) is 5.18. The van der Waals surface area contributed by atoms with Crippen LogP contribution in [0.3, 0.4) is 0 Å². The van der Waals surface area contributed by atoms with Gasteiger partial charge in [0.05, 0.1) is 24.0 Å². The van der Waals surface area contributed by atoms with E-state index in [2.05, 4.69) is 0 Å². The fraction of sp³-hybridized carbons (Fsp3) is 0.400. The second kappa shape index (κ2) is 5.04. The molecule has 0 radical (unpaired) electrons. The molecule has 0 aromatic rings. The molecule has 0 aliphatic carbocycles. The molecule has 3 aliphatic heterocycles. The summed E-state index contributed by atoms with van der Waals surface area (Å²) in [6.45, 7) is 1.42. The number of halogens is 2. The predicted octanol–water partition coefficient (Wildman–Crippen LogP) is 1.16. The largest absolute Gasteiger partial charge is 0.497 e. The first kappa shape index (κ1) is 13.0. The third-order valence-corrected chi connectivity index (χ3v) is 3.39. The minimum Gasteiger partial charge on any atom is -0.497 e. The Bertz CT molecular complexity index is 422. The van der Waals surface area contributed by atoms with Crippen LogP contribution in [0.15, 0.2) is 34.0 Å². The van der Waals surface area contributed by atoms with E-state index >= 15 is 0 Å². The van der Waals surface area contributed by atoms with Crippen LogP contribution in [-0.2, 0) is 14.0 Å². The normalized spacial score (nSPS) is 26.5. The summed E-state index contributed by atoms with van der Waals surface area (Å²) < 4.78 is 16.6. The van der Waals surface area contributed by atoms with E-state index < -0.39 is 0 Å². The molecule has 0 amide bonds. The van der Waals surface area contributed by atoms with Gasteiger partial charge in [-0.05, 0) is 22.7 Å². The number of ether oxygens (including phenoxy) is 1. The van der Waals surface area contributed by atoms with Crippen molar-refractivity contribution < 1.29 is 14.0 Å². The van der Waals surface area contributed by atoms with E-state index in [4.69, 9.17) is 31.4 Å². The van der Waals surface area contributed by atoms with E-state index in [0.717, 1.165) is 16.6 Å². The number of hydrogen-bond acceptors (Lipinski definition) is 4. The number of nitrogens with two attached hydrogens (primary N) is 1. The van der Waals surface area contributed by atoms with Gasteiger partial charge < -0.3 is 19.8 Å². The van der Waals surface area contributed by atoms with Gasteiger partial charge in [-0.25, -0.2) is 0 Å². The molecule has 0 spiro atoms. The summed E-state index contributed by atoms with van der Waals surface area (Å²) in [6, 6.07) is 0. The van der Waals surface area contributed by atoms with Gasteiger partial charge in [0.15, 0.2) is 0 Å². The average molecular weight is 276 g/mol. The Hall–Kier alpha value is -0.455. The predicted molar refractivity (Wildman–Crippen MR) is 67.9 cm³/mol. The van der Waals surface area contributed by atoms with Gasteiger partial charge in [-0.1, -0.05) is 11.6 Å². The molecule has 3 aliphatic rings. The molecule has 0 aromatic heterocycles. The van der Waals surface area contributed by atoms with Crippen molar-refractivity contribution in [1.29, 1.82) is 0 Å². The summed E-state index contributed by atoms with van der Waals surface area (Å²) in [6.07, 6.45) is 3.23. The first-order chi connectivity index (χ1) is 7.81. The number of rotatable bonds is 1. The van der Waals surface area contributed by atoms with Gasteiger partial charge in [0.1, 0.15) is 6.61 Å². The fourth-order valence-electron chi connectivity index (χ4n) is 2.15. The lowest BCUT2D eigenvalue weighted by Gasteiger charge is -2.27. The molecule has 4 nitrogen and oxygen atoms in total. The maximum absolute atomic E-state index is 6.27. The van der Waals surface area contributed by atoms with E-state index in [1.165, 1.54) is 0 Å². The Kier molecular flexibility index (Phi) is 3.85. The zero-order chi connectivity index (χ0) is 11.1. The average Bonchev–Trinajstić information content (AvgIpc) is 2.57. The summed E-state index contributed by atoms with van der Waals surface area (Å²) >= 11 is 6.27. The van der Waals surface area contributed by atoms with Crippen LogP contribution in [-0.4, -0.2) is 33.0 Å². The Labute approximate surface area is 111 Å². The molecule has 0 unspecified atom stereocenters. The zero-order valence-electron chi connectivity index (χ0n) is 9.02. The molecule has 0 bridgehead atoms. The van der Waals surface area contributed by atoms with Gasteiger partial charge in [0.2, 0.25) is 0 Å². The quantitative estimate of drug-likeness (QED) is 0.730. The van der Waals surface area contributed by atoms with Gasteiger partial charge in [0.25, 0.3) is 0 Å². The molecule has 3 heterocycles. The van der Waals surface area contributed by atoms with E-state index in [-0.39, 0.29) is 25.6 Å². The van der Waals surface area contributed by atoms with Crippen molar-refractivity contribution >= 4 is 31.1 Å². The van der Waals surface area contributed by atoms with Crippen LogP contribution >= 0.6 is 24.0 Å². The smallest absolute Gasteiger partial charge is 0.495 e. The van der Waals surface area contributed by atoms with Crippen molar-refractivity contribution in [3.63, 3.8) is 0 Å². The molecular formula is C10H12BCl2NO3. The van der Waals surface area contributed by atoms with Crippen LogP contribution in [0.5, 0.6) is 0 Å². The molecule has 17 heavy (non-hydrogen) atoms. The third kappa shape index (κ3) is 2.02. The molecule has 1 atom stereocenters. The molecular weight excluding hydrogens is 264 g/mol. The maximum Gasteiger partial charge on any atom is 0.495 e. The highest BCUT2D eigenvalue weighted by atomic mass is 35.5. The molecule has 3 rings (SSSR count). The van der Waals surface area contributed by atoms with Crippen LogP contribution in [0, 0.1) is 0 Å². The number of allylic oxidation sites excluding steroid dienone is 3. The fourth-order valence-corrected chi connectivity index (χ4v) is 2.46.